The van der Waals surface area contributed by atoms with Gasteiger partial charge in [0, 0.05) is 22.7 Å². The summed E-state index contributed by atoms with van der Waals surface area (Å²) in [5.41, 5.74) is 1.43. The lowest BCUT2D eigenvalue weighted by Crippen LogP contribution is -2.53. The van der Waals surface area contributed by atoms with Crippen molar-refractivity contribution in [3.63, 3.8) is 0 Å². The molecule has 9 nitrogen and oxygen atoms in total. The summed E-state index contributed by atoms with van der Waals surface area (Å²) in [5, 5.41) is 12.0. The van der Waals surface area contributed by atoms with Crippen molar-refractivity contribution >= 4 is 58.3 Å². The Bertz CT molecular complexity index is 2200. The number of phenolic OH excluding ortho intramolecular Hbond substituents is 1. The van der Waals surface area contributed by atoms with Gasteiger partial charge in [-0.05, 0) is 60.7 Å². The molecule has 3 fully saturated rings. The number of carbonyl (C=O) groups is 4. The number of hydrogen-bond donors (Lipinski definition) is 2. The number of nitrogens with one attached hydrogen (secondary N) is 1. The highest BCUT2D eigenvalue weighted by Gasteiger charge is 2.70. The summed E-state index contributed by atoms with van der Waals surface area (Å²) >= 11 is 12.5. The number of para-hydroxylation sites is 2. The van der Waals surface area contributed by atoms with Crippen LogP contribution in [0, 0.1) is 23.7 Å². The number of nitrogens with zero attached hydrogens (tertiary/aromatic N) is 3. The number of halogens is 5. The number of hydrazine groups is 1. The number of pyridine rings is 1. The Morgan fingerprint density at radius 2 is 1.56 bits per heavy atom. The third kappa shape index (κ3) is 4.95. The molecule has 2 saturated heterocycles. The monoisotopic (exact) mass is 746 g/mol. The first-order valence-corrected chi connectivity index (χ1v) is 17.1. The van der Waals surface area contributed by atoms with E-state index in [1.165, 1.54) is 11.0 Å². The van der Waals surface area contributed by atoms with Gasteiger partial charge in [0.15, 0.2) is 5.82 Å². The molecule has 6 unspecified atom stereocenters. The predicted octanol–water partition coefficient (Wildman–Crippen LogP) is 7.30. The molecule has 3 aromatic carbocycles. The largest absolute Gasteiger partial charge is 0.508 e. The molecule has 52 heavy (non-hydrogen) atoms. The molecular weight excluding hydrogens is 720 g/mol. The standard InChI is InChI=1S/C38H27Cl2F3N4O5/c39-21-12-10-19(11-13-21)37-27(34(50)47(36(37)52)45-32-28(40)16-20(18-44-32)38(41,42)43)17-26-23(31(37)24-8-4-5-9-29(24)48)14-15-25-30(26)35(51)46(33(25)49)22-6-2-1-3-7-22/h1-14,16,18,25-27,30-31,48H,15,17H2,(H,44,45). The molecule has 4 amide bonds. The van der Waals surface area contributed by atoms with Crippen LogP contribution in [0.4, 0.5) is 24.7 Å². The Morgan fingerprint density at radius 1 is 0.865 bits per heavy atom. The van der Waals surface area contributed by atoms with Gasteiger partial charge in [-0.25, -0.2) is 4.98 Å². The van der Waals surface area contributed by atoms with Gasteiger partial charge in [-0.1, -0.05) is 83.4 Å². The van der Waals surface area contributed by atoms with E-state index >= 15 is 4.79 Å². The number of phenols is 1. The first-order chi connectivity index (χ1) is 24.8. The van der Waals surface area contributed by atoms with Gasteiger partial charge in [-0.3, -0.25) is 29.5 Å². The molecular formula is C38H27Cl2F3N4O5. The van der Waals surface area contributed by atoms with Crippen molar-refractivity contribution in [1.29, 1.82) is 0 Å². The SMILES string of the molecule is O=C1C2CC3C(=CCC4C(=O)N(c5ccccc5)C(=O)C43)C(c3ccccc3O)C2(c2ccc(Cl)cc2)C(=O)N1Nc1ncc(C(F)(F)F)cc1Cl. The number of aromatic hydroxyl groups is 1. The molecule has 2 N–H and O–H groups in total. The van der Waals surface area contributed by atoms with E-state index in [9.17, 15) is 32.7 Å². The maximum atomic E-state index is 15.2. The molecule has 0 radical (unpaired) electrons. The average molecular weight is 748 g/mol. The first kappa shape index (κ1) is 33.9. The lowest BCUT2D eigenvalue weighted by atomic mass is 9.49. The maximum absolute atomic E-state index is 15.2. The van der Waals surface area contributed by atoms with Gasteiger partial charge in [0.05, 0.1) is 39.4 Å². The fourth-order valence-corrected chi connectivity index (χ4v) is 9.03. The van der Waals surface area contributed by atoms with Crippen molar-refractivity contribution < 1.29 is 37.5 Å². The summed E-state index contributed by atoms with van der Waals surface area (Å²) < 4.78 is 40.3. The van der Waals surface area contributed by atoms with E-state index in [0.29, 0.717) is 44.7 Å². The van der Waals surface area contributed by atoms with Crippen LogP contribution in [-0.4, -0.2) is 38.7 Å². The summed E-state index contributed by atoms with van der Waals surface area (Å²) in [6.07, 6.45) is -2.24. The Labute approximate surface area is 304 Å². The molecule has 0 spiro atoms. The summed E-state index contributed by atoms with van der Waals surface area (Å²) in [5.74, 6) is -7.41. The molecule has 0 bridgehead atoms. The Hall–Kier alpha value is -5.20. The van der Waals surface area contributed by atoms with Gasteiger partial charge in [-0.15, -0.1) is 0 Å². The smallest absolute Gasteiger partial charge is 0.417 e. The zero-order valence-corrected chi connectivity index (χ0v) is 28.4. The number of rotatable bonds is 5. The maximum Gasteiger partial charge on any atom is 0.417 e. The summed E-state index contributed by atoms with van der Waals surface area (Å²) in [4.78, 5) is 63.0. The van der Waals surface area contributed by atoms with Crippen LogP contribution in [0.15, 0.2) is 103 Å². The Balaban J connectivity index is 1.31. The molecule has 4 aliphatic rings. The molecule has 2 aliphatic heterocycles. The van der Waals surface area contributed by atoms with E-state index in [1.807, 2.05) is 6.08 Å². The van der Waals surface area contributed by atoms with E-state index in [-0.39, 0.29) is 30.3 Å². The highest BCUT2D eigenvalue weighted by atomic mass is 35.5. The van der Waals surface area contributed by atoms with Crippen LogP contribution >= 0.6 is 23.2 Å². The molecule has 4 aromatic rings. The van der Waals surface area contributed by atoms with E-state index in [0.717, 1.165) is 0 Å². The van der Waals surface area contributed by atoms with Crippen LogP contribution in [0.3, 0.4) is 0 Å². The molecule has 8 rings (SSSR count). The quantitative estimate of drug-likeness (QED) is 0.163. The fraction of sp³-hybridized carbons (Fsp3) is 0.237. The predicted molar refractivity (Wildman–Crippen MR) is 184 cm³/mol. The molecule has 3 heterocycles. The van der Waals surface area contributed by atoms with Crippen LogP contribution in [0.5, 0.6) is 5.75 Å². The van der Waals surface area contributed by atoms with E-state index in [1.54, 1.807) is 72.8 Å². The van der Waals surface area contributed by atoms with Crippen LogP contribution in [0.2, 0.25) is 10.0 Å². The second-order valence-electron chi connectivity index (χ2n) is 13.3. The number of anilines is 2. The second-order valence-corrected chi connectivity index (χ2v) is 14.2. The summed E-state index contributed by atoms with van der Waals surface area (Å²) in [7, 11) is 0. The van der Waals surface area contributed by atoms with Crippen molar-refractivity contribution in [2.24, 2.45) is 23.7 Å². The van der Waals surface area contributed by atoms with Crippen LogP contribution in [0.1, 0.15) is 35.4 Å². The van der Waals surface area contributed by atoms with Crippen molar-refractivity contribution in [2.75, 3.05) is 10.3 Å². The third-order valence-electron chi connectivity index (χ3n) is 10.8. The highest BCUT2D eigenvalue weighted by molar-refractivity contribution is 6.33. The number of imide groups is 2. The Morgan fingerprint density at radius 3 is 2.23 bits per heavy atom. The molecule has 1 saturated carbocycles. The van der Waals surface area contributed by atoms with Crippen molar-refractivity contribution in [3.8, 4) is 5.75 Å². The van der Waals surface area contributed by atoms with Gasteiger partial charge in [-0.2, -0.15) is 18.2 Å². The fourth-order valence-electron chi connectivity index (χ4n) is 8.69. The van der Waals surface area contributed by atoms with E-state index in [4.69, 9.17) is 23.2 Å². The normalized spacial score (nSPS) is 26.9. The number of fused-ring (bicyclic) bond motifs is 4. The Kier molecular flexibility index (Phi) is 7.96. The lowest BCUT2D eigenvalue weighted by Gasteiger charge is -2.50. The van der Waals surface area contributed by atoms with Gasteiger partial charge in [0.1, 0.15) is 5.75 Å². The van der Waals surface area contributed by atoms with E-state index < -0.39 is 69.5 Å². The molecule has 264 valence electrons. The third-order valence-corrected chi connectivity index (χ3v) is 11.4. The second kappa shape index (κ2) is 12.2. The molecule has 1 aromatic heterocycles. The molecule has 14 heteroatoms. The van der Waals surface area contributed by atoms with Crippen LogP contribution < -0.4 is 10.3 Å². The minimum atomic E-state index is -4.75. The van der Waals surface area contributed by atoms with Crippen LogP contribution in [0.25, 0.3) is 0 Å². The molecule has 6 atom stereocenters. The number of benzene rings is 3. The first-order valence-electron chi connectivity index (χ1n) is 16.4. The summed E-state index contributed by atoms with van der Waals surface area (Å²) in [6, 6.07) is 22.0. The van der Waals surface area contributed by atoms with Crippen LogP contribution in [-0.2, 0) is 30.8 Å². The number of alkyl halides is 3. The van der Waals surface area contributed by atoms with E-state index in [2.05, 4.69) is 10.4 Å². The number of allylic oxidation sites excluding steroid dienone is 2. The summed E-state index contributed by atoms with van der Waals surface area (Å²) in [6.45, 7) is 0. The average Bonchev–Trinajstić information content (AvgIpc) is 3.50. The number of amides is 4. The van der Waals surface area contributed by atoms with Crippen molar-refractivity contribution in [3.05, 3.63) is 130 Å². The number of carbonyl (C=O) groups excluding carboxylic acids is 4. The number of aromatic nitrogens is 1. The van der Waals surface area contributed by atoms with Gasteiger partial charge < -0.3 is 5.11 Å². The van der Waals surface area contributed by atoms with Gasteiger partial charge in [0.2, 0.25) is 11.8 Å². The minimum absolute atomic E-state index is 0.0434. The lowest BCUT2D eigenvalue weighted by molar-refractivity contribution is -0.139. The molecule has 2 aliphatic carbocycles. The van der Waals surface area contributed by atoms with Gasteiger partial charge >= 0.3 is 6.18 Å². The highest BCUT2D eigenvalue weighted by Crippen LogP contribution is 2.65. The minimum Gasteiger partial charge on any atom is -0.508 e. The number of hydrogen-bond acceptors (Lipinski definition) is 7. The topological polar surface area (TPSA) is 120 Å². The zero-order valence-electron chi connectivity index (χ0n) is 26.9. The zero-order chi connectivity index (χ0) is 36.7. The van der Waals surface area contributed by atoms with Crippen molar-refractivity contribution in [2.45, 2.75) is 30.4 Å². The van der Waals surface area contributed by atoms with Crippen molar-refractivity contribution in [1.82, 2.24) is 9.99 Å². The van der Waals surface area contributed by atoms with Gasteiger partial charge in [0.25, 0.3) is 11.8 Å².